The van der Waals surface area contributed by atoms with Gasteiger partial charge in [-0.1, -0.05) is 18.2 Å². The zero-order valence-electron chi connectivity index (χ0n) is 10.1. The van der Waals surface area contributed by atoms with Crippen molar-refractivity contribution < 1.29 is 18.4 Å². The Morgan fingerprint density at radius 1 is 1.10 bits per heavy atom. The molecular formula is C12H10N2O5S. The van der Waals surface area contributed by atoms with Crippen LogP contribution in [0.5, 0.6) is 5.75 Å². The van der Waals surface area contributed by atoms with E-state index in [1.165, 1.54) is 42.5 Å². The summed E-state index contributed by atoms with van der Waals surface area (Å²) in [4.78, 5) is 9.70. The summed E-state index contributed by atoms with van der Waals surface area (Å²) in [6.07, 6.45) is 0. The summed E-state index contributed by atoms with van der Waals surface area (Å²) in [5, 5.41) is 20.2. The lowest BCUT2D eigenvalue weighted by molar-refractivity contribution is -0.384. The van der Waals surface area contributed by atoms with Crippen LogP contribution in [0.3, 0.4) is 0 Å². The van der Waals surface area contributed by atoms with Crippen molar-refractivity contribution in [3.05, 3.63) is 58.6 Å². The number of nitro groups is 1. The first kappa shape index (κ1) is 13.8. The van der Waals surface area contributed by atoms with Crippen molar-refractivity contribution in [3.63, 3.8) is 0 Å². The van der Waals surface area contributed by atoms with Gasteiger partial charge in [0.2, 0.25) is 0 Å². The second-order valence-electron chi connectivity index (χ2n) is 3.88. The van der Waals surface area contributed by atoms with Crippen molar-refractivity contribution in [2.24, 2.45) is 0 Å². The molecule has 8 heteroatoms. The Balaban J connectivity index is 2.36. The van der Waals surface area contributed by atoms with Crippen LogP contribution < -0.4 is 4.72 Å². The topological polar surface area (TPSA) is 110 Å². The number of non-ortho nitro benzene ring substituents is 1. The van der Waals surface area contributed by atoms with E-state index >= 15 is 0 Å². The summed E-state index contributed by atoms with van der Waals surface area (Å²) in [5.41, 5.74) is -0.190. The number of aromatic hydroxyl groups is 1. The molecule has 0 aliphatic heterocycles. The Kier molecular flexibility index (Phi) is 3.57. The minimum absolute atomic E-state index is 0.0439. The third-order valence-corrected chi connectivity index (χ3v) is 3.89. The first-order valence-corrected chi connectivity index (χ1v) is 6.94. The fourth-order valence-electron chi connectivity index (χ4n) is 1.58. The minimum Gasteiger partial charge on any atom is -0.507 e. The molecule has 0 spiro atoms. The number of nitro benzene ring substituents is 1. The molecule has 0 aromatic heterocycles. The molecule has 0 aliphatic rings. The third kappa shape index (κ3) is 2.86. The van der Waals surface area contributed by atoms with E-state index in [4.69, 9.17) is 0 Å². The molecule has 0 amide bonds. The van der Waals surface area contributed by atoms with E-state index in [2.05, 4.69) is 4.72 Å². The van der Waals surface area contributed by atoms with Crippen molar-refractivity contribution in [1.29, 1.82) is 0 Å². The Hall–Kier alpha value is -2.61. The molecule has 0 saturated heterocycles. The molecule has 0 saturated carbocycles. The van der Waals surface area contributed by atoms with E-state index < -0.39 is 20.7 Å². The van der Waals surface area contributed by atoms with Crippen molar-refractivity contribution in [2.45, 2.75) is 4.90 Å². The maximum atomic E-state index is 12.1. The summed E-state index contributed by atoms with van der Waals surface area (Å²) in [7, 11) is -4.01. The van der Waals surface area contributed by atoms with Crippen LogP contribution in [-0.4, -0.2) is 18.4 Å². The van der Waals surface area contributed by atoms with Gasteiger partial charge in [0, 0.05) is 12.1 Å². The van der Waals surface area contributed by atoms with Gasteiger partial charge >= 0.3 is 0 Å². The highest BCUT2D eigenvalue weighted by molar-refractivity contribution is 7.92. The smallest absolute Gasteiger partial charge is 0.271 e. The second kappa shape index (κ2) is 5.17. The number of nitrogens with one attached hydrogen (secondary N) is 1. The van der Waals surface area contributed by atoms with E-state index in [1.54, 1.807) is 0 Å². The molecule has 2 aromatic rings. The lowest BCUT2D eigenvalue weighted by Crippen LogP contribution is -2.13. The van der Waals surface area contributed by atoms with Crippen LogP contribution in [0.2, 0.25) is 0 Å². The minimum atomic E-state index is -4.01. The summed E-state index contributed by atoms with van der Waals surface area (Å²) >= 11 is 0. The van der Waals surface area contributed by atoms with Crippen molar-refractivity contribution >= 4 is 21.4 Å². The molecule has 7 nitrogen and oxygen atoms in total. The lowest BCUT2D eigenvalue weighted by atomic mass is 10.3. The van der Waals surface area contributed by atoms with Crippen LogP contribution >= 0.6 is 0 Å². The van der Waals surface area contributed by atoms with Crippen molar-refractivity contribution in [3.8, 4) is 5.75 Å². The summed E-state index contributed by atoms with van der Waals surface area (Å²) in [6, 6.07) is 10.5. The predicted molar refractivity (Wildman–Crippen MR) is 72.0 cm³/mol. The average Bonchev–Trinajstić information content (AvgIpc) is 2.38. The molecule has 2 rings (SSSR count). The van der Waals surface area contributed by atoms with E-state index in [1.807, 2.05) is 0 Å². The van der Waals surface area contributed by atoms with Gasteiger partial charge in [-0.15, -0.1) is 0 Å². The Morgan fingerprint density at radius 2 is 1.80 bits per heavy atom. The van der Waals surface area contributed by atoms with Crippen LogP contribution in [0.15, 0.2) is 53.4 Å². The maximum Gasteiger partial charge on any atom is 0.271 e. The molecule has 2 aromatic carbocycles. The maximum absolute atomic E-state index is 12.1. The number of sulfonamides is 1. The number of phenolic OH excluding ortho intramolecular Hbond substituents is 1. The quantitative estimate of drug-likeness (QED) is 0.663. The lowest BCUT2D eigenvalue weighted by Gasteiger charge is -2.09. The van der Waals surface area contributed by atoms with E-state index in [0.717, 1.165) is 6.07 Å². The highest BCUT2D eigenvalue weighted by Crippen LogP contribution is 2.25. The van der Waals surface area contributed by atoms with Gasteiger partial charge in [0.1, 0.15) is 10.6 Å². The SMILES string of the molecule is O=[N+]([O-])c1cccc(NS(=O)(=O)c2ccccc2O)c1. The Labute approximate surface area is 114 Å². The number of para-hydroxylation sites is 1. The van der Waals surface area contributed by atoms with Gasteiger partial charge in [0.25, 0.3) is 15.7 Å². The molecule has 20 heavy (non-hydrogen) atoms. The molecule has 0 bridgehead atoms. The number of anilines is 1. The summed E-state index contributed by atoms with van der Waals surface area (Å²) < 4.78 is 26.3. The van der Waals surface area contributed by atoms with Gasteiger partial charge in [-0.3, -0.25) is 14.8 Å². The van der Waals surface area contributed by atoms with Crippen LogP contribution in [0, 0.1) is 10.1 Å². The number of phenols is 1. The number of benzene rings is 2. The van der Waals surface area contributed by atoms with Crippen LogP contribution in [0.1, 0.15) is 0 Å². The van der Waals surface area contributed by atoms with Gasteiger partial charge in [0.15, 0.2) is 0 Å². The van der Waals surface area contributed by atoms with Crippen molar-refractivity contribution in [2.75, 3.05) is 4.72 Å². The molecule has 0 unspecified atom stereocenters. The average molecular weight is 294 g/mol. The fraction of sp³-hybridized carbons (Fsp3) is 0. The summed E-state index contributed by atoms with van der Waals surface area (Å²) in [6.45, 7) is 0. The van der Waals surface area contributed by atoms with E-state index in [-0.39, 0.29) is 16.3 Å². The van der Waals surface area contributed by atoms with Crippen LogP contribution in [-0.2, 0) is 10.0 Å². The zero-order valence-corrected chi connectivity index (χ0v) is 10.9. The number of hydrogen-bond donors (Lipinski definition) is 2. The highest BCUT2D eigenvalue weighted by atomic mass is 32.2. The van der Waals surface area contributed by atoms with E-state index in [9.17, 15) is 23.6 Å². The predicted octanol–water partition coefficient (Wildman–Crippen LogP) is 2.10. The van der Waals surface area contributed by atoms with Crippen molar-refractivity contribution in [1.82, 2.24) is 0 Å². The Bertz CT molecular complexity index is 758. The van der Waals surface area contributed by atoms with Gasteiger partial charge < -0.3 is 5.11 Å². The molecule has 0 aliphatic carbocycles. The number of hydrogen-bond acceptors (Lipinski definition) is 5. The first-order valence-electron chi connectivity index (χ1n) is 5.45. The summed E-state index contributed by atoms with van der Waals surface area (Å²) in [5.74, 6) is -0.398. The van der Waals surface area contributed by atoms with Gasteiger partial charge in [-0.05, 0) is 18.2 Å². The van der Waals surface area contributed by atoms with Crippen LogP contribution in [0.25, 0.3) is 0 Å². The fourth-order valence-corrected chi connectivity index (χ4v) is 2.73. The molecule has 0 atom stereocenters. The normalized spacial score (nSPS) is 11.0. The molecule has 0 radical (unpaired) electrons. The second-order valence-corrected chi connectivity index (χ2v) is 5.53. The third-order valence-electron chi connectivity index (χ3n) is 2.46. The molecule has 2 N–H and O–H groups in total. The Morgan fingerprint density at radius 3 is 2.45 bits per heavy atom. The largest absolute Gasteiger partial charge is 0.507 e. The van der Waals surface area contributed by atoms with Gasteiger partial charge in [0.05, 0.1) is 10.6 Å². The molecular weight excluding hydrogens is 284 g/mol. The molecule has 104 valence electrons. The number of rotatable bonds is 4. The zero-order chi connectivity index (χ0) is 14.8. The monoisotopic (exact) mass is 294 g/mol. The van der Waals surface area contributed by atoms with Crippen LogP contribution in [0.4, 0.5) is 11.4 Å². The molecule has 0 heterocycles. The first-order chi connectivity index (χ1) is 9.40. The van der Waals surface area contributed by atoms with E-state index in [0.29, 0.717) is 0 Å². The van der Waals surface area contributed by atoms with Gasteiger partial charge in [-0.2, -0.15) is 0 Å². The standard InChI is InChI=1S/C12H10N2O5S/c15-11-6-1-2-7-12(11)20(18,19)13-9-4-3-5-10(8-9)14(16)17/h1-8,13,15H. The van der Waals surface area contributed by atoms with Gasteiger partial charge in [-0.25, -0.2) is 8.42 Å². The number of nitrogens with zero attached hydrogens (tertiary/aromatic N) is 1. The molecule has 0 fully saturated rings. The highest BCUT2D eigenvalue weighted by Gasteiger charge is 2.19.